The molecule has 1 saturated heterocycles. The molecule has 0 aromatic heterocycles. The van der Waals surface area contributed by atoms with Crippen molar-refractivity contribution in [2.24, 2.45) is 16.8 Å². The quantitative estimate of drug-likeness (QED) is 0.186. The van der Waals surface area contributed by atoms with Crippen LogP contribution in [0.2, 0.25) is 0 Å². The van der Waals surface area contributed by atoms with Crippen LogP contribution in [0.1, 0.15) is 25.7 Å². The van der Waals surface area contributed by atoms with Gasteiger partial charge >= 0.3 is 0 Å². The average molecular weight is 489 g/mol. The second-order valence-electron chi connectivity index (χ2n) is 7.07. The van der Waals surface area contributed by atoms with E-state index in [1.165, 1.54) is 29.9 Å². The maximum absolute atomic E-state index is 5.69. The molecule has 0 spiro atoms. The zero-order chi connectivity index (χ0) is 17.3. The lowest BCUT2D eigenvalue weighted by Crippen LogP contribution is -2.40. The average Bonchev–Trinajstić information content (AvgIpc) is 3.36. The minimum atomic E-state index is 0. The van der Waals surface area contributed by atoms with Gasteiger partial charge in [-0.1, -0.05) is 18.2 Å². The van der Waals surface area contributed by atoms with Crippen LogP contribution >= 0.6 is 35.7 Å². The van der Waals surface area contributed by atoms with Crippen LogP contribution < -0.4 is 5.32 Å². The molecule has 4 nitrogen and oxygen atoms in total. The first-order valence-electron chi connectivity index (χ1n) is 9.56. The number of hydrogen-bond donors (Lipinski definition) is 1. The maximum atomic E-state index is 5.69. The van der Waals surface area contributed by atoms with Gasteiger partial charge in [-0.05, 0) is 49.7 Å². The first kappa shape index (κ1) is 21.8. The van der Waals surface area contributed by atoms with E-state index in [1.54, 1.807) is 0 Å². The fourth-order valence-electron chi connectivity index (χ4n) is 3.13. The van der Waals surface area contributed by atoms with E-state index in [2.05, 4.69) is 45.5 Å². The summed E-state index contributed by atoms with van der Waals surface area (Å²) in [6, 6.07) is 10.7. The van der Waals surface area contributed by atoms with Gasteiger partial charge in [0.15, 0.2) is 5.96 Å². The van der Waals surface area contributed by atoms with Crippen LogP contribution in [0.5, 0.6) is 0 Å². The molecule has 0 radical (unpaired) electrons. The van der Waals surface area contributed by atoms with Gasteiger partial charge < -0.3 is 15.0 Å². The lowest BCUT2D eigenvalue weighted by atomic mass is 10.2. The molecule has 1 unspecified atom stereocenters. The Kier molecular flexibility index (Phi) is 10.1. The van der Waals surface area contributed by atoms with E-state index in [9.17, 15) is 0 Å². The topological polar surface area (TPSA) is 36.9 Å². The molecule has 0 bridgehead atoms. The van der Waals surface area contributed by atoms with Crippen molar-refractivity contribution >= 4 is 41.7 Å². The highest BCUT2D eigenvalue weighted by atomic mass is 127. The number of ether oxygens (including phenoxy) is 1. The van der Waals surface area contributed by atoms with Crippen LogP contribution in [-0.2, 0) is 4.74 Å². The SMILES string of the molecule is CN=C(NCCCOCC1CC1)N1CCC(CSc2ccccc2)C1.I. The molecule has 1 N–H and O–H groups in total. The van der Waals surface area contributed by atoms with E-state index < -0.39 is 0 Å². The highest BCUT2D eigenvalue weighted by molar-refractivity contribution is 14.0. The summed E-state index contributed by atoms with van der Waals surface area (Å²) in [6.45, 7) is 4.98. The molecule has 1 heterocycles. The Morgan fingerprint density at radius 1 is 1.23 bits per heavy atom. The number of nitrogens with zero attached hydrogens (tertiary/aromatic N) is 2. The number of aliphatic imine (C=N–C) groups is 1. The number of halogens is 1. The summed E-state index contributed by atoms with van der Waals surface area (Å²) < 4.78 is 5.69. The van der Waals surface area contributed by atoms with E-state index in [1.807, 2.05) is 18.8 Å². The van der Waals surface area contributed by atoms with Gasteiger partial charge in [0.2, 0.25) is 0 Å². The molecular weight excluding hydrogens is 457 g/mol. The number of thioether (sulfide) groups is 1. The third kappa shape index (κ3) is 7.64. The molecule has 1 aliphatic carbocycles. The summed E-state index contributed by atoms with van der Waals surface area (Å²) in [5, 5.41) is 3.50. The van der Waals surface area contributed by atoms with Crippen molar-refractivity contribution in [3.8, 4) is 0 Å². The molecule has 1 aliphatic heterocycles. The van der Waals surface area contributed by atoms with Crippen molar-refractivity contribution < 1.29 is 4.74 Å². The predicted octanol–water partition coefficient (Wildman–Crippen LogP) is 4.11. The van der Waals surface area contributed by atoms with Crippen molar-refractivity contribution in [1.29, 1.82) is 0 Å². The number of benzene rings is 1. The molecule has 3 rings (SSSR count). The smallest absolute Gasteiger partial charge is 0.193 e. The molecule has 1 aromatic carbocycles. The van der Waals surface area contributed by atoms with Crippen molar-refractivity contribution in [2.45, 2.75) is 30.6 Å². The number of guanidine groups is 1. The van der Waals surface area contributed by atoms with Crippen molar-refractivity contribution in [3.63, 3.8) is 0 Å². The Morgan fingerprint density at radius 2 is 2.04 bits per heavy atom. The number of rotatable bonds is 9. The lowest BCUT2D eigenvalue weighted by Gasteiger charge is -2.21. The van der Waals surface area contributed by atoms with Crippen LogP contribution in [0, 0.1) is 11.8 Å². The molecule has 2 aliphatic rings. The molecule has 1 atom stereocenters. The van der Waals surface area contributed by atoms with E-state index in [0.29, 0.717) is 0 Å². The standard InChI is InChI=1S/C20H31N3OS.HI/c1-21-20(22-11-5-13-24-15-17-8-9-17)23-12-10-18(14-23)16-25-19-6-3-2-4-7-19;/h2-4,6-7,17-18H,5,8-16H2,1H3,(H,21,22);1H. The maximum Gasteiger partial charge on any atom is 0.193 e. The van der Waals surface area contributed by atoms with Gasteiger partial charge in [-0.15, -0.1) is 35.7 Å². The summed E-state index contributed by atoms with van der Waals surface area (Å²) in [5.41, 5.74) is 0. The van der Waals surface area contributed by atoms with Crippen molar-refractivity contribution in [2.75, 3.05) is 45.6 Å². The van der Waals surface area contributed by atoms with Crippen molar-refractivity contribution in [1.82, 2.24) is 10.2 Å². The second kappa shape index (κ2) is 12.1. The summed E-state index contributed by atoms with van der Waals surface area (Å²) in [7, 11) is 1.89. The molecule has 6 heteroatoms. The first-order chi connectivity index (χ1) is 12.3. The number of likely N-dealkylation sites (tertiary alicyclic amines) is 1. The largest absolute Gasteiger partial charge is 0.381 e. The van der Waals surface area contributed by atoms with Gasteiger partial charge in [0.1, 0.15) is 0 Å². The highest BCUT2D eigenvalue weighted by Crippen LogP contribution is 2.28. The molecular formula is C20H32IN3OS. The number of hydrogen-bond acceptors (Lipinski definition) is 3. The molecule has 1 saturated carbocycles. The Labute approximate surface area is 179 Å². The minimum Gasteiger partial charge on any atom is -0.381 e. The summed E-state index contributed by atoms with van der Waals surface area (Å²) >= 11 is 1.97. The van der Waals surface area contributed by atoms with Crippen LogP contribution in [-0.4, -0.2) is 56.5 Å². The second-order valence-corrected chi connectivity index (χ2v) is 8.16. The normalized spacial score (nSPS) is 20.1. The van der Waals surface area contributed by atoms with E-state index in [0.717, 1.165) is 57.1 Å². The first-order valence-corrected chi connectivity index (χ1v) is 10.5. The predicted molar refractivity (Wildman–Crippen MR) is 122 cm³/mol. The monoisotopic (exact) mass is 489 g/mol. The molecule has 146 valence electrons. The third-order valence-electron chi connectivity index (χ3n) is 4.83. The van der Waals surface area contributed by atoms with Gasteiger partial charge in [-0.3, -0.25) is 4.99 Å². The molecule has 26 heavy (non-hydrogen) atoms. The molecule has 2 fully saturated rings. The van der Waals surface area contributed by atoms with Gasteiger partial charge in [-0.25, -0.2) is 0 Å². The highest BCUT2D eigenvalue weighted by Gasteiger charge is 2.25. The fraction of sp³-hybridized carbons (Fsp3) is 0.650. The summed E-state index contributed by atoms with van der Waals surface area (Å²) in [4.78, 5) is 8.24. The van der Waals surface area contributed by atoms with Crippen LogP contribution in [0.4, 0.5) is 0 Å². The summed E-state index contributed by atoms with van der Waals surface area (Å²) in [6.07, 6.45) is 5.03. The Balaban J connectivity index is 0.00000243. The zero-order valence-corrected chi connectivity index (χ0v) is 18.9. The van der Waals surface area contributed by atoms with E-state index >= 15 is 0 Å². The fourth-order valence-corrected chi connectivity index (χ4v) is 4.18. The van der Waals surface area contributed by atoms with Crippen LogP contribution in [0.15, 0.2) is 40.2 Å². The Bertz CT molecular complexity index is 539. The molecule has 1 aromatic rings. The van der Waals surface area contributed by atoms with Crippen LogP contribution in [0.3, 0.4) is 0 Å². The van der Waals surface area contributed by atoms with Crippen LogP contribution in [0.25, 0.3) is 0 Å². The summed E-state index contributed by atoms with van der Waals surface area (Å²) in [5.74, 6) is 3.84. The third-order valence-corrected chi connectivity index (χ3v) is 6.07. The van der Waals surface area contributed by atoms with Gasteiger partial charge in [-0.2, -0.15) is 0 Å². The van der Waals surface area contributed by atoms with Gasteiger partial charge in [0.05, 0.1) is 0 Å². The Morgan fingerprint density at radius 3 is 2.77 bits per heavy atom. The lowest BCUT2D eigenvalue weighted by molar-refractivity contribution is 0.122. The van der Waals surface area contributed by atoms with Gasteiger partial charge in [0.25, 0.3) is 0 Å². The zero-order valence-electron chi connectivity index (χ0n) is 15.7. The van der Waals surface area contributed by atoms with E-state index in [4.69, 9.17) is 4.74 Å². The Hall–Kier alpha value is -0.470. The minimum absolute atomic E-state index is 0. The van der Waals surface area contributed by atoms with Crippen molar-refractivity contribution in [3.05, 3.63) is 30.3 Å². The number of nitrogens with one attached hydrogen (secondary N) is 1. The van der Waals surface area contributed by atoms with Gasteiger partial charge in [0, 0.05) is 50.5 Å². The molecule has 0 amide bonds. The van der Waals surface area contributed by atoms with E-state index in [-0.39, 0.29) is 24.0 Å².